The first kappa shape index (κ1) is 15.4. The van der Waals surface area contributed by atoms with E-state index < -0.39 is 0 Å². The summed E-state index contributed by atoms with van der Waals surface area (Å²) in [6.45, 7) is 5.78. The standard InChI is InChI=1S/C17H21ClN2O2/c1-3-16-17(11(2)19-22-16)14-5-4-8-20(14)10-12-9-13(18)6-7-15(12)21/h6-7,9,14,21H,3-5,8,10H2,1-2H3. The molecular weight excluding hydrogens is 300 g/mol. The van der Waals surface area contributed by atoms with Crippen molar-refractivity contribution in [2.75, 3.05) is 6.54 Å². The highest BCUT2D eigenvalue weighted by molar-refractivity contribution is 6.30. The van der Waals surface area contributed by atoms with Gasteiger partial charge in [-0.15, -0.1) is 0 Å². The molecule has 0 amide bonds. The molecule has 22 heavy (non-hydrogen) atoms. The summed E-state index contributed by atoms with van der Waals surface area (Å²) in [6.07, 6.45) is 3.08. The van der Waals surface area contributed by atoms with Crippen LogP contribution in [0.1, 0.15) is 48.4 Å². The second-order valence-corrected chi connectivity index (χ2v) is 6.30. The van der Waals surface area contributed by atoms with Crippen molar-refractivity contribution in [3.63, 3.8) is 0 Å². The summed E-state index contributed by atoms with van der Waals surface area (Å²) in [5, 5.41) is 14.8. The Hall–Kier alpha value is -1.52. The number of aromatic nitrogens is 1. The highest BCUT2D eigenvalue weighted by Crippen LogP contribution is 2.38. The molecule has 0 bridgehead atoms. The second kappa shape index (κ2) is 6.31. The zero-order valence-corrected chi connectivity index (χ0v) is 13.7. The summed E-state index contributed by atoms with van der Waals surface area (Å²) in [6, 6.07) is 5.51. The molecule has 1 aromatic heterocycles. The van der Waals surface area contributed by atoms with Gasteiger partial charge in [0.25, 0.3) is 0 Å². The van der Waals surface area contributed by atoms with Crippen molar-refractivity contribution in [2.24, 2.45) is 0 Å². The number of hydrogen-bond donors (Lipinski definition) is 1. The van der Waals surface area contributed by atoms with Gasteiger partial charge in [0.1, 0.15) is 11.5 Å². The number of rotatable bonds is 4. The van der Waals surface area contributed by atoms with Crippen molar-refractivity contribution >= 4 is 11.6 Å². The van der Waals surface area contributed by atoms with E-state index in [2.05, 4.69) is 17.0 Å². The molecule has 1 aliphatic rings. The SMILES string of the molecule is CCc1onc(C)c1C1CCCN1Cc1cc(Cl)ccc1O. The molecule has 1 aliphatic heterocycles. The van der Waals surface area contributed by atoms with E-state index >= 15 is 0 Å². The van der Waals surface area contributed by atoms with Gasteiger partial charge < -0.3 is 9.63 Å². The minimum Gasteiger partial charge on any atom is -0.508 e. The summed E-state index contributed by atoms with van der Waals surface area (Å²) in [5.41, 5.74) is 3.07. The quantitative estimate of drug-likeness (QED) is 0.915. The highest BCUT2D eigenvalue weighted by Gasteiger charge is 2.31. The Balaban J connectivity index is 1.87. The summed E-state index contributed by atoms with van der Waals surface area (Å²) < 4.78 is 5.45. The van der Waals surface area contributed by atoms with Gasteiger partial charge in [0.05, 0.1) is 5.69 Å². The third kappa shape index (κ3) is 2.85. The molecule has 5 heteroatoms. The molecule has 1 fully saturated rings. The van der Waals surface area contributed by atoms with Gasteiger partial charge in [-0.2, -0.15) is 0 Å². The van der Waals surface area contributed by atoms with E-state index in [-0.39, 0.29) is 0 Å². The predicted molar refractivity (Wildman–Crippen MR) is 86.1 cm³/mol. The van der Waals surface area contributed by atoms with E-state index in [1.54, 1.807) is 12.1 Å². The van der Waals surface area contributed by atoms with E-state index in [9.17, 15) is 5.11 Å². The van der Waals surface area contributed by atoms with Crippen molar-refractivity contribution in [3.8, 4) is 5.75 Å². The molecule has 118 valence electrons. The van der Waals surface area contributed by atoms with Crippen LogP contribution in [0.25, 0.3) is 0 Å². The first-order valence-electron chi connectivity index (χ1n) is 7.76. The first-order valence-corrected chi connectivity index (χ1v) is 8.14. The zero-order chi connectivity index (χ0) is 15.7. The minimum atomic E-state index is 0.299. The normalized spacial score (nSPS) is 19.0. The largest absolute Gasteiger partial charge is 0.508 e. The molecule has 1 atom stereocenters. The van der Waals surface area contributed by atoms with Crippen LogP contribution in [0.3, 0.4) is 0 Å². The monoisotopic (exact) mass is 320 g/mol. The summed E-state index contributed by atoms with van der Waals surface area (Å²) in [7, 11) is 0. The van der Waals surface area contributed by atoms with Gasteiger partial charge in [0.15, 0.2) is 0 Å². The van der Waals surface area contributed by atoms with Gasteiger partial charge in [-0.05, 0) is 44.5 Å². The van der Waals surface area contributed by atoms with Crippen LogP contribution >= 0.6 is 11.6 Å². The maximum Gasteiger partial charge on any atom is 0.141 e. The van der Waals surface area contributed by atoms with Crippen molar-refractivity contribution in [1.29, 1.82) is 0 Å². The maximum atomic E-state index is 10.1. The Bertz CT molecular complexity index is 669. The van der Waals surface area contributed by atoms with Crippen LogP contribution in [0, 0.1) is 6.92 Å². The molecule has 1 N–H and O–H groups in total. The van der Waals surface area contributed by atoms with Crippen molar-refractivity contribution < 1.29 is 9.63 Å². The third-order valence-corrected chi connectivity index (χ3v) is 4.65. The smallest absolute Gasteiger partial charge is 0.141 e. The van der Waals surface area contributed by atoms with E-state index in [0.717, 1.165) is 42.8 Å². The van der Waals surface area contributed by atoms with Crippen molar-refractivity contribution in [3.05, 3.63) is 45.8 Å². The molecule has 1 unspecified atom stereocenters. The predicted octanol–water partition coefficient (Wildman–Crippen LogP) is 4.24. The molecule has 0 saturated carbocycles. The Morgan fingerprint density at radius 3 is 3.05 bits per heavy atom. The molecule has 3 rings (SSSR count). The van der Waals surface area contributed by atoms with Gasteiger partial charge in [0.2, 0.25) is 0 Å². The lowest BCUT2D eigenvalue weighted by Crippen LogP contribution is -2.23. The van der Waals surface area contributed by atoms with Crippen LogP contribution in [0.4, 0.5) is 0 Å². The Morgan fingerprint density at radius 2 is 2.27 bits per heavy atom. The van der Waals surface area contributed by atoms with Gasteiger partial charge in [-0.1, -0.05) is 23.7 Å². The number of hydrogen-bond acceptors (Lipinski definition) is 4. The average molecular weight is 321 g/mol. The third-order valence-electron chi connectivity index (χ3n) is 4.42. The molecule has 1 saturated heterocycles. The van der Waals surface area contributed by atoms with Crippen LogP contribution < -0.4 is 0 Å². The molecule has 1 aromatic carbocycles. The number of benzene rings is 1. The van der Waals surface area contributed by atoms with Gasteiger partial charge in [-0.3, -0.25) is 4.90 Å². The summed E-state index contributed by atoms with van der Waals surface area (Å²) in [5.74, 6) is 1.28. The molecule has 0 aliphatic carbocycles. The lowest BCUT2D eigenvalue weighted by molar-refractivity contribution is 0.242. The first-order chi connectivity index (χ1) is 10.6. The average Bonchev–Trinajstić information content (AvgIpc) is 3.08. The zero-order valence-electron chi connectivity index (χ0n) is 13.0. The number of aryl methyl sites for hydroxylation is 2. The van der Waals surface area contributed by atoms with E-state index in [4.69, 9.17) is 16.1 Å². The highest BCUT2D eigenvalue weighted by atomic mass is 35.5. The Morgan fingerprint density at radius 1 is 1.45 bits per heavy atom. The Labute approximate surface area is 135 Å². The molecule has 0 spiro atoms. The lowest BCUT2D eigenvalue weighted by Gasteiger charge is -2.25. The number of halogens is 1. The number of phenolic OH excluding ortho intramolecular Hbond substituents is 1. The lowest BCUT2D eigenvalue weighted by atomic mass is 10.0. The molecule has 2 heterocycles. The van der Waals surface area contributed by atoms with Crippen LogP contribution in [-0.4, -0.2) is 21.7 Å². The maximum absolute atomic E-state index is 10.1. The van der Waals surface area contributed by atoms with E-state index in [1.807, 2.05) is 13.0 Å². The van der Waals surface area contributed by atoms with Gasteiger partial charge in [0, 0.05) is 35.2 Å². The van der Waals surface area contributed by atoms with Crippen molar-refractivity contribution in [1.82, 2.24) is 10.1 Å². The number of nitrogens with zero attached hydrogens (tertiary/aromatic N) is 2. The van der Waals surface area contributed by atoms with Crippen LogP contribution in [0.5, 0.6) is 5.75 Å². The van der Waals surface area contributed by atoms with E-state index in [1.165, 1.54) is 5.56 Å². The molecule has 4 nitrogen and oxygen atoms in total. The summed E-state index contributed by atoms with van der Waals surface area (Å²) in [4.78, 5) is 2.38. The minimum absolute atomic E-state index is 0.299. The van der Waals surface area contributed by atoms with Crippen molar-refractivity contribution in [2.45, 2.75) is 45.7 Å². The number of aromatic hydroxyl groups is 1. The molecule has 0 radical (unpaired) electrons. The number of phenols is 1. The van der Waals surface area contributed by atoms with Crippen LogP contribution in [-0.2, 0) is 13.0 Å². The molecule has 2 aromatic rings. The Kier molecular flexibility index (Phi) is 4.41. The van der Waals surface area contributed by atoms with Gasteiger partial charge in [-0.25, -0.2) is 0 Å². The van der Waals surface area contributed by atoms with Crippen LogP contribution in [0.2, 0.25) is 5.02 Å². The fourth-order valence-corrected chi connectivity index (χ4v) is 3.54. The summed E-state index contributed by atoms with van der Waals surface area (Å²) >= 11 is 6.06. The number of likely N-dealkylation sites (tertiary alicyclic amines) is 1. The topological polar surface area (TPSA) is 49.5 Å². The molecular formula is C17H21ClN2O2. The second-order valence-electron chi connectivity index (χ2n) is 5.86. The van der Waals surface area contributed by atoms with Crippen LogP contribution in [0.15, 0.2) is 22.7 Å². The fourth-order valence-electron chi connectivity index (χ4n) is 3.35. The van der Waals surface area contributed by atoms with Gasteiger partial charge >= 0.3 is 0 Å². The van der Waals surface area contributed by atoms with E-state index in [0.29, 0.717) is 23.4 Å². The fraction of sp³-hybridized carbons (Fsp3) is 0.471.